The molecule has 8 heteroatoms. The van der Waals surface area contributed by atoms with Crippen molar-refractivity contribution in [3.05, 3.63) is 17.9 Å². The minimum Gasteiger partial charge on any atom is -0.493 e. The van der Waals surface area contributed by atoms with E-state index in [9.17, 15) is 12.8 Å². The number of nitrogens with zero attached hydrogens (tertiary/aromatic N) is 1. The van der Waals surface area contributed by atoms with Crippen LogP contribution in [0.25, 0.3) is 0 Å². The summed E-state index contributed by atoms with van der Waals surface area (Å²) in [6.07, 6.45) is 1.43. The van der Waals surface area contributed by atoms with Crippen molar-refractivity contribution in [2.75, 3.05) is 27.4 Å². The molecule has 2 rings (SSSR count). The second-order valence-corrected chi connectivity index (χ2v) is 6.57. The normalized spacial score (nSPS) is 15.3. The quantitative estimate of drug-likeness (QED) is 0.811. The first-order valence-corrected chi connectivity index (χ1v) is 7.94. The summed E-state index contributed by atoms with van der Waals surface area (Å²) in [4.78, 5) is -0.472. The predicted octanol–water partition coefficient (Wildman–Crippen LogP) is 0.988. The lowest BCUT2D eigenvalue weighted by Gasteiger charge is -2.21. The summed E-state index contributed by atoms with van der Waals surface area (Å²) in [5.41, 5.74) is 0. The molecule has 0 heterocycles. The van der Waals surface area contributed by atoms with Crippen LogP contribution >= 0.6 is 0 Å². The molecule has 1 fully saturated rings. The minimum absolute atomic E-state index is 0.0548. The zero-order valence-corrected chi connectivity index (χ0v) is 12.7. The fourth-order valence-electron chi connectivity index (χ4n) is 2.12. The van der Waals surface area contributed by atoms with Crippen molar-refractivity contribution < 1.29 is 27.4 Å². The van der Waals surface area contributed by atoms with E-state index in [-0.39, 0.29) is 30.7 Å². The third kappa shape index (κ3) is 3.12. The third-order valence-electron chi connectivity index (χ3n) is 3.30. The van der Waals surface area contributed by atoms with Gasteiger partial charge in [0.2, 0.25) is 10.0 Å². The molecule has 0 radical (unpaired) electrons. The van der Waals surface area contributed by atoms with Crippen LogP contribution < -0.4 is 9.47 Å². The van der Waals surface area contributed by atoms with Crippen LogP contribution in [0.3, 0.4) is 0 Å². The highest BCUT2D eigenvalue weighted by molar-refractivity contribution is 7.89. The minimum atomic E-state index is -4.03. The first-order valence-electron chi connectivity index (χ1n) is 6.50. The van der Waals surface area contributed by atoms with Gasteiger partial charge in [0.05, 0.1) is 20.8 Å². The van der Waals surface area contributed by atoms with E-state index in [2.05, 4.69) is 0 Å². The van der Waals surface area contributed by atoms with E-state index in [0.29, 0.717) is 12.8 Å². The molecule has 0 saturated heterocycles. The van der Waals surface area contributed by atoms with Crippen LogP contribution in [-0.2, 0) is 10.0 Å². The molecule has 6 nitrogen and oxygen atoms in total. The fraction of sp³-hybridized carbons (Fsp3) is 0.538. The van der Waals surface area contributed by atoms with Gasteiger partial charge in [0.25, 0.3) is 0 Å². The van der Waals surface area contributed by atoms with E-state index in [4.69, 9.17) is 14.6 Å². The third-order valence-corrected chi connectivity index (χ3v) is 5.27. The molecular formula is C13H18FNO5S. The van der Waals surface area contributed by atoms with Crippen molar-refractivity contribution in [2.24, 2.45) is 0 Å². The summed E-state index contributed by atoms with van der Waals surface area (Å²) in [6, 6.07) is 1.92. The molecule has 0 unspecified atom stereocenters. The van der Waals surface area contributed by atoms with Crippen LogP contribution in [-0.4, -0.2) is 51.2 Å². The van der Waals surface area contributed by atoms with Crippen molar-refractivity contribution >= 4 is 10.0 Å². The maximum absolute atomic E-state index is 14.1. The van der Waals surface area contributed by atoms with Crippen molar-refractivity contribution in [2.45, 2.75) is 23.8 Å². The first-order chi connectivity index (χ1) is 9.95. The zero-order chi connectivity index (χ0) is 15.6. The van der Waals surface area contributed by atoms with Crippen LogP contribution in [0.15, 0.2) is 17.0 Å². The lowest BCUT2D eigenvalue weighted by molar-refractivity contribution is 0.250. The Morgan fingerprint density at radius 1 is 1.29 bits per heavy atom. The van der Waals surface area contributed by atoms with Gasteiger partial charge in [0, 0.05) is 24.7 Å². The molecule has 0 bridgehead atoms. The maximum atomic E-state index is 14.1. The van der Waals surface area contributed by atoms with Gasteiger partial charge in [-0.05, 0) is 12.8 Å². The highest BCUT2D eigenvalue weighted by Crippen LogP contribution is 2.36. The molecule has 0 atom stereocenters. The second kappa shape index (κ2) is 6.17. The van der Waals surface area contributed by atoms with E-state index >= 15 is 0 Å². The molecule has 1 saturated carbocycles. The Morgan fingerprint density at radius 2 is 1.86 bits per heavy atom. The van der Waals surface area contributed by atoms with Crippen LogP contribution in [0.2, 0.25) is 0 Å². The van der Waals surface area contributed by atoms with Gasteiger partial charge in [0.15, 0.2) is 11.5 Å². The number of ether oxygens (including phenoxy) is 2. The van der Waals surface area contributed by atoms with Gasteiger partial charge in [-0.1, -0.05) is 0 Å². The number of aliphatic hydroxyl groups excluding tert-OH is 1. The molecule has 1 aromatic rings. The van der Waals surface area contributed by atoms with E-state index in [1.165, 1.54) is 14.2 Å². The monoisotopic (exact) mass is 319 g/mol. The Hall–Kier alpha value is -1.38. The molecule has 1 N–H and O–H groups in total. The van der Waals surface area contributed by atoms with Gasteiger partial charge >= 0.3 is 0 Å². The first kappa shape index (κ1) is 16.0. The standard InChI is InChI=1S/C13H18FNO5S/c1-19-11-7-10(14)13(8-12(11)20-2)21(17,18)15(5-6-16)9-3-4-9/h7-9,16H,3-6H2,1-2H3. The summed E-state index contributed by atoms with van der Waals surface area (Å²) >= 11 is 0. The molecule has 118 valence electrons. The lowest BCUT2D eigenvalue weighted by Crippen LogP contribution is -2.36. The Labute approximate surface area is 123 Å². The smallest absolute Gasteiger partial charge is 0.246 e. The van der Waals surface area contributed by atoms with Gasteiger partial charge in [-0.3, -0.25) is 0 Å². The molecule has 0 aliphatic heterocycles. The van der Waals surface area contributed by atoms with Crippen LogP contribution in [0.4, 0.5) is 4.39 Å². The molecule has 1 aliphatic carbocycles. The fourth-order valence-corrected chi connectivity index (χ4v) is 3.86. The predicted molar refractivity (Wildman–Crippen MR) is 73.5 cm³/mol. The average Bonchev–Trinajstić information content (AvgIpc) is 3.28. The Balaban J connectivity index is 2.48. The average molecular weight is 319 g/mol. The van der Waals surface area contributed by atoms with Crippen molar-refractivity contribution in [1.82, 2.24) is 4.31 Å². The summed E-state index contributed by atoms with van der Waals surface area (Å²) in [6.45, 7) is -0.370. The summed E-state index contributed by atoms with van der Waals surface area (Å²) in [7, 11) is -1.34. The molecule has 1 aromatic carbocycles. The van der Waals surface area contributed by atoms with Gasteiger partial charge in [-0.2, -0.15) is 4.31 Å². The van der Waals surface area contributed by atoms with Gasteiger partial charge in [0.1, 0.15) is 10.7 Å². The van der Waals surface area contributed by atoms with Crippen LogP contribution in [0, 0.1) is 5.82 Å². The number of methoxy groups -OCH3 is 2. The van der Waals surface area contributed by atoms with Gasteiger partial charge < -0.3 is 14.6 Å². The number of sulfonamides is 1. The summed E-state index contributed by atoms with van der Waals surface area (Å²) in [5.74, 6) is -0.650. The molecular weight excluding hydrogens is 301 g/mol. The number of hydrogen-bond donors (Lipinski definition) is 1. The van der Waals surface area contributed by atoms with E-state index in [0.717, 1.165) is 16.4 Å². The Morgan fingerprint density at radius 3 is 2.33 bits per heavy atom. The number of halogens is 1. The van der Waals surface area contributed by atoms with Crippen molar-refractivity contribution in [3.63, 3.8) is 0 Å². The lowest BCUT2D eigenvalue weighted by atomic mass is 10.3. The molecule has 21 heavy (non-hydrogen) atoms. The highest BCUT2D eigenvalue weighted by atomic mass is 32.2. The van der Waals surface area contributed by atoms with Crippen LogP contribution in [0.1, 0.15) is 12.8 Å². The Bertz CT molecular complexity index is 615. The van der Waals surface area contributed by atoms with E-state index < -0.39 is 20.7 Å². The van der Waals surface area contributed by atoms with Gasteiger partial charge in [-0.15, -0.1) is 0 Å². The molecule has 0 spiro atoms. The van der Waals surface area contributed by atoms with E-state index in [1.54, 1.807) is 0 Å². The largest absolute Gasteiger partial charge is 0.493 e. The number of hydrogen-bond acceptors (Lipinski definition) is 5. The van der Waals surface area contributed by atoms with Crippen molar-refractivity contribution in [1.29, 1.82) is 0 Å². The molecule has 0 aromatic heterocycles. The molecule has 0 amide bonds. The topological polar surface area (TPSA) is 76.1 Å². The number of aliphatic hydroxyl groups is 1. The van der Waals surface area contributed by atoms with Crippen molar-refractivity contribution in [3.8, 4) is 11.5 Å². The Kier molecular flexibility index (Phi) is 4.70. The highest BCUT2D eigenvalue weighted by Gasteiger charge is 2.39. The number of benzene rings is 1. The summed E-state index contributed by atoms with van der Waals surface area (Å²) in [5, 5.41) is 9.03. The van der Waals surface area contributed by atoms with Gasteiger partial charge in [-0.25, -0.2) is 12.8 Å². The second-order valence-electron chi connectivity index (χ2n) is 4.71. The SMILES string of the molecule is COc1cc(F)c(S(=O)(=O)N(CCO)C2CC2)cc1OC. The zero-order valence-electron chi connectivity index (χ0n) is 11.9. The van der Waals surface area contributed by atoms with E-state index in [1.807, 2.05) is 0 Å². The summed E-state index contributed by atoms with van der Waals surface area (Å²) < 4.78 is 50.4. The maximum Gasteiger partial charge on any atom is 0.246 e. The number of rotatable bonds is 7. The van der Waals surface area contributed by atoms with Crippen LogP contribution in [0.5, 0.6) is 11.5 Å². The molecule has 1 aliphatic rings.